The first kappa shape index (κ1) is 15.1. The van der Waals surface area contributed by atoms with Gasteiger partial charge in [0.25, 0.3) is 5.09 Å². The predicted molar refractivity (Wildman–Crippen MR) is 80.1 cm³/mol. The lowest BCUT2D eigenvalue weighted by Crippen LogP contribution is -2.66. The highest BCUT2D eigenvalue weighted by Crippen LogP contribution is 2.73. The second kappa shape index (κ2) is 4.58. The molecule has 4 bridgehead atoms. The molecule has 0 aromatic carbocycles. The van der Waals surface area contributed by atoms with Crippen LogP contribution in [0.1, 0.15) is 71.6 Å². The lowest BCUT2D eigenvalue weighted by molar-refractivity contribution is -0.787. The predicted octanol–water partition coefficient (Wildman–Crippen LogP) is 3.44. The van der Waals surface area contributed by atoms with Crippen molar-refractivity contribution < 1.29 is 9.92 Å². The van der Waals surface area contributed by atoms with Gasteiger partial charge in [-0.05, 0) is 67.7 Å². The van der Waals surface area contributed by atoms with Crippen LogP contribution in [0.15, 0.2) is 0 Å². The molecule has 0 spiro atoms. The van der Waals surface area contributed by atoms with Gasteiger partial charge >= 0.3 is 0 Å². The smallest absolute Gasteiger partial charge is 0.295 e. The molecule has 4 rings (SSSR count). The Bertz CT molecular complexity index is 431. The van der Waals surface area contributed by atoms with Crippen molar-refractivity contribution in [3.63, 3.8) is 0 Å². The van der Waals surface area contributed by atoms with E-state index < -0.39 is 10.7 Å². The molecule has 4 aliphatic rings. The number of nitrogens with zero attached hydrogens (tertiary/aromatic N) is 1. The van der Waals surface area contributed by atoms with Crippen molar-refractivity contribution in [3.05, 3.63) is 10.1 Å². The van der Waals surface area contributed by atoms with E-state index in [1.165, 1.54) is 6.42 Å². The molecule has 5 heteroatoms. The summed E-state index contributed by atoms with van der Waals surface area (Å²) in [6, 6.07) is 0. The van der Waals surface area contributed by atoms with Gasteiger partial charge in [0, 0.05) is 0 Å². The van der Waals surface area contributed by atoms with E-state index in [1.807, 2.05) is 0 Å². The van der Waals surface area contributed by atoms with Crippen LogP contribution >= 0.6 is 0 Å². The van der Waals surface area contributed by atoms with Crippen LogP contribution in [-0.2, 0) is 4.84 Å². The van der Waals surface area contributed by atoms with E-state index in [-0.39, 0.29) is 16.2 Å². The summed E-state index contributed by atoms with van der Waals surface area (Å²) in [6.07, 6.45) is 9.37. The second-order valence-corrected chi connectivity index (χ2v) is 8.37. The van der Waals surface area contributed by atoms with Crippen molar-refractivity contribution in [2.45, 2.75) is 77.2 Å². The SMILES string of the molecule is CCCC12CC3(CC)CC(CN)(C1)CC(O[N+](=O)[O-])(C3)C2. The molecular weight excluding hydrogens is 268 g/mol. The van der Waals surface area contributed by atoms with Crippen molar-refractivity contribution in [2.75, 3.05) is 6.54 Å². The third-order valence-corrected chi connectivity index (χ3v) is 6.57. The van der Waals surface area contributed by atoms with Crippen molar-refractivity contribution >= 4 is 0 Å². The largest absolute Gasteiger partial charge is 0.330 e. The van der Waals surface area contributed by atoms with E-state index in [0.29, 0.717) is 6.54 Å². The molecule has 0 saturated heterocycles. The summed E-state index contributed by atoms with van der Waals surface area (Å²) >= 11 is 0. The van der Waals surface area contributed by atoms with Gasteiger partial charge in [-0.3, -0.25) is 0 Å². The molecule has 4 aliphatic carbocycles. The summed E-state index contributed by atoms with van der Waals surface area (Å²) in [4.78, 5) is 16.4. The van der Waals surface area contributed by atoms with Gasteiger partial charge in [-0.25, -0.2) is 0 Å². The molecule has 0 radical (unpaired) electrons. The lowest BCUT2D eigenvalue weighted by Gasteiger charge is -2.69. The minimum atomic E-state index is -0.567. The van der Waals surface area contributed by atoms with Gasteiger partial charge in [0.2, 0.25) is 0 Å². The minimum absolute atomic E-state index is 0.0654. The Morgan fingerprint density at radius 2 is 1.62 bits per heavy atom. The van der Waals surface area contributed by atoms with Gasteiger partial charge in [0.1, 0.15) is 5.60 Å². The number of rotatable bonds is 6. The number of hydrogen-bond donors (Lipinski definition) is 1. The van der Waals surface area contributed by atoms with Gasteiger partial charge in [-0.15, -0.1) is 10.1 Å². The van der Waals surface area contributed by atoms with E-state index in [0.717, 1.165) is 51.4 Å². The summed E-state index contributed by atoms with van der Waals surface area (Å²) in [6.45, 7) is 5.09. The zero-order valence-electron chi connectivity index (χ0n) is 13.3. The summed E-state index contributed by atoms with van der Waals surface area (Å²) in [5.41, 5.74) is 6.08. The number of nitrogens with two attached hydrogens (primary N) is 1. The first-order valence-electron chi connectivity index (χ1n) is 8.38. The highest BCUT2D eigenvalue weighted by molar-refractivity contribution is 5.18. The molecule has 4 fully saturated rings. The van der Waals surface area contributed by atoms with Gasteiger partial charge in [0.15, 0.2) is 0 Å². The first-order chi connectivity index (χ1) is 9.84. The second-order valence-electron chi connectivity index (χ2n) is 8.37. The first-order valence-corrected chi connectivity index (χ1v) is 8.38. The Labute approximate surface area is 126 Å². The molecule has 0 aliphatic heterocycles. The van der Waals surface area contributed by atoms with Crippen LogP contribution in [0.2, 0.25) is 0 Å². The summed E-state index contributed by atoms with van der Waals surface area (Å²) in [5.74, 6) is 0. The molecule has 21 heavy (non-hydrogen) atoms. The normalized spacial score (nSPS) is 47.6. The van der Waals surface area contributed by atoms with Gasteiger partial charge in [-0.1, -0.05) is 26.7 Å². The van der Waals surface area contributed by atoms with Crippen molar-refractivity contribution in [2.24, 2.45) is 22.0 Å². The summed E-state index contributed by atoms with van der Waals surface area (Å²) in [5, 5.41) is 10.5. The monoisotopic (exact) mass is 296 g/mol. The van der Waals surface area contributed by atoms with E-state index in [1.54, 1.807) is 0 Å². The molecular formula is C16H28N2O3. The fourth-order valence-corrected chi connectivity index (χ4v) is 6.83. The molecule has 2 N–H and O–H groups in total. The van der Waals surface area contributed by atoms with Crippen molar-refractivity contribution in [1.82, 2.24) is 0 Å². The van der Waals surface area contributed by atoms with E-state index >= 15 is 0 Å². The Kier molecular flexibility index (Phi) is 3.28. The molecule has 0 aromatic heterocycles. The minimum Gasteiger partial charge on any atom is -0.330 e. The average molecular weight is 296 g/mol. The summed E-state index contributed by atoms with van der Waals surface area (Å²) < 4.78 is 0. The van der Waals surface area contributed by atoms with Crippen LogP contribution in [0.3, 0.4) is 0 Å². The standard InChI is InChI=1S/C16H28N2O3/c1-3-5-14-6-13(4-2)7-15(8-14,12-17)11-16(9-13,10-14)21-18(19)20/h3-12,17H2,1-2H3. The highest BCUT2D eigenvalue weighted by Gasteiger charge is 2.68. The fourth-order valence-electron chi connectivity index (χ4n) is 6.83. The van der Waals surface area contributed by atoms with Crippen LogP contribution in [-0.4, -0.2) is 17.2 Å². The molecule has 4 saturated carbocycles. The van der Waals surface area contributed by atoms with Gasteiger partial charge < -0.3 is 10.6 Å². The van der Waals surface area contributed by atoms with Crippen molar-refractivity contribution in [3.8, 4) is 0 Å². The molecule has 120 valence electrons. The van der Waals surface area contributed by atoms with Crippen LogP contribution < -0.4 is 5.73 Å². The quantitative estimate of drug-likeness (QED) is 0.601. The maximum absolute atomic E-state index is 11.1. The lowest BCUT2D eigenvalue weighted by atomic mass is 9.37. The fraction of sp³-hybridized carbons (Fsp3) is 1.00. The highest BCUT2D eigenvalue weighted by atomic mass is 17.0. The van der Waals surface area contributed by atoms with Crippen LogP contribution in [0.5, 0.6) is 0 Å². The van der Waals surface area contributed by atoms with E-state index in [2.05, 4.69) is 13.8 Å². The average Bonchev–Trinajstić information content (AvgIpc) is 2.35. The zero-order chi connectivity index (χ0) is 15.4. The Morgan fingerprint density at radius 3 is 2.19 bits per heavy atom. The van der Waals surface area contributed by atoms with Crippen LogP contribution in [0, 0.1) is 26.4 Å². The molecule has 4 atom stereocenters. The van der Waals surface area contributed by atoms with Crippen molar-refractivity contribution in [1.29, 1.82) is 0 Å². The summed E-state index contributed by atoms with van der Waals surface area (Å²) in [7, 11) is 0. The van der Waals surface area contributed by atoms with Crippen LogP contribution in [0.4, 0.5) is 0 Å². The third-order valence-electron chi connectivity index (χ3n) is 6.57. The maximum Gasteiger partial charge on any atom is 0.295 e. The molecule has 0 aromatic rings. The molecule has 0 heterocycles. The van der Waals surface area contributed by atoms with Gasteiger partial charge in [0.05, 0.1) is 0 Å². The third kappa shape index (κ3) is 2.24. The molecule has 5 nitrogen and oxygen atoms in total. The Hall–Kier alpha value is -0.840. The molecule has 0 amide bonds. The van der Waals surface area contributed by atoms with E-state index in [4.69, 9.17) is 10.6 Å². The maximum atomic E-state index is 11.1. The van der Waals surface area contributed by atoms with Crippen LogP contribution in [0.25, 0.3) is 0 Å². The van der Waals surface area contributed by atoms with Gasteiger partial charge in [-0.2, -0.15) is 0 Å². The van der Waals surface area contributed by atoms with E-state index in [9.17, 15) is 10.1 Å². The Balaban J connectivity index is 2.03. The Morgan fingerprint density at radius 1 is 1.05 bits per heavy atom. The molecule has 4 unspecified atom stereocenters. The number of hydrogen-bond acceptors (Lipinski definition) is 4. The topological polar surface area (TPSA) is 78.4 Å². The zero-order valence-corrected chi connectivity index (χ0v) is 13.3.